The molecule has 0 aromatic heterocycles. The molecule has 2 rings (SSSR count). The van der Waals surface area contributed by atoms with Crippen molar-refractivity contribution in [2.75, 3.05) is 11.9 Å². The second kappa shape index (κ2) is 16.7. The summed E-state index contributed by atoms with van der Waals surface area (Å²) < 4.78 is 5.38. The lowest BCUT2D eigenvalue weighted by Gasteiger charge is -2.35. The topological polar surface area (TPSA) is 131 Å². The van der Waals surface area contributed by atoms with E-state index in [0.717, 1.165) is 48.8 Å². The maximum atomic E-state index is 14.3. The molecule has 43 heavy (non-hydrogen) atoms. The second-order valence-electron chi connectivity index (χ2n) is 12.2. The highest BCUT2D eigenvalue weighted by Crippen LogP contribution is 2.29. The molecule has 0 bridgehead atoms. The van der Waals surface area contributed by atoms with Gasteiger partial charge in [0.1, 0.15) is 17.7 Å². The number of anilines is 1. The first-order valence-electron chi connectivity index (χ1n) is 15.3. The summed E-state index contributed by atoms with van der Waals surface area (Å²) in [7, 11) is 0. The smallest absolute Gasteiger partial charge is 0.408 e. The van der Waals surface area contributed by atoms with E-state index < -0.39 is 42.0 Å². The number of carbonyl (C=O) groups is 4. The van der Waals surface area contributed by atoms with Gasteiger partial charge in [-0.1, -0.05) is 81.5 Å². The van der Waals surface area contributed by atoms with Crippen LogP contribution in [0.1, 0.15) is 101 Å². The molecule has 2 aromatic rings. The van der Waals surface area contributed by atoms with Gasteiger partial charge in [0, 0.05) is 12.2 Å². The van der Waals surface area contributed by atoms with E-state index in [9.17, 15) is 19.2 Å². The number of carbonyl (C=O) groups excluding carboxylic acids is 4. The summed E-state index contributed by atoms with van der Waals surface area (Å²) in [6, 6.07) is 10.8. The molecule has 0 aliphatic rings. The first kappa shape index (κ1) is 35.3. The number of alkyl carbamates (subject to hydrolysis) is 1. The normalized spacial score (nSPS) is 12.6. The second-order valence-corrected chi connectivity index (χ2v) is 12.2. The number of nitrogens with zero attached hydrogens (tertiary/aromatic N) is 1. The number of unbranched alkanes of at least 4 members (excludes halogenated alkanes) is 5. The fraction of sp³-hybridized carbons (Fsp3) is 0.529. The van der Waals surface area contributed by atoms with E-state index in [4.69, 9.17) is 10.5 Å². The maximum Gasteiger partial charge on any atom is 0.408 e. The number of hydrogen-bond donors (Lipinski definition) is 3. The largest absolute Gasteiger partial charge is 0.444 e. The van der Waals surface area contributed by atoms with Crippen LogP contribution in [0.3, 0.4) is 0 Å². The molecule has 0 radical (unpaired) electrons. The summed E-state index contributed by atoms with van der Waals surface area (Å²) >= 11 is 0. The number of primary amides is 1. The van der Waals surface area contributed by atoms with E-state index in [0.29, 0.717) is 17.7 Å². The van der Waals surface area contributed by atoms with Crippen molar-refractivity contribution >= 4 is 29.5 Å². The predicted octanol–water partition coefficient (Wildman–Crippen LogP) is 6.25. The van der Waals surface area contributed by atoms with Gasteiger partial charge in [-0.2, -0.15) is 0 Å². The van der Waals surface area contributed by atoms with Crippen molar-refractivity contribution in [3.8, 4) is 0 Å². The number of nitrogens with one attached hydrogen (secondary N) is 2. The van der Waals surface area contributed by atoms with Crippen LogP contribution >= 0.6 is 0 Å². The van der Waals surface area contributed by atoms with E-state index in [2.05, 4.69) is 17.6 Å². The van der Waals surface area contributed by atoms with Crippen LogP contribution in [-0.4, -0.2) is 46.9 Å². The minimum atomic E-state index is -1.31. The average Bonchev–Trinajstić information content (AvgIpc) is 2.90. The zero-order valence-corrected chi connectivity index (χ0v) is 26.9. The third-order valence-electron chi connectivity index (χ3n) is 7.20. The molecule has 9 heteroatoms. The van der Waals surface area contributed by atoms with Gasteiger partial charge in [0.15, 0.2) is 0 Å². The molecule has 4 N–H and O–H groups in total. The van der Waals surface area contributed by atoms with Crippen molar-refractivity contribution in [1.82, 2.24) is 10.2 Å². The van der Waals surface area contributed by atoms with E-state index in [-0.39, 0.29) is 12.5 Å². The third kappa shape index (κ3) is 11.4. The Labute approximate surface area is 256 Å². The Kier molecular flexibility index (Phi) is 13.7. The standard InChI is InChI=1S/C34H50N4O5/c1-8-9-10-11-12-15-21-38(32(41)27(22-28(35)39)36-33(42)43-34(5,6)7)30(26-20-14-13-17-23(26)2)31(40)37-29-24(3)18-16-19-25(29)4/h13-14,16-20,27,30H,8-12,15,21-22H2,1-7H3,(H2,35,39)(H,36,42)(H,37,40). The van der Waals surface area contributed by atoms with Crippen LogP contribution in [0, 0.1) is 20.8 Å². The number of ether oxygens (including phenoxy) is 1. The summed E-state index contributed by atoms with van der Waals surface area (Å²) in [6.45, 7) is 13.2. The average molecular weight is 595 g/mol. The van der Waals surface area contributed by atoms with E-state index in [1.165, 1.54) is 4.90 Å². The quantitative estimate of drug-likeness (QED) is 0.210. The number of benzene rings is 2. The molecule has 0 saturated heterocycles. The number of hydrogen-bond acceptors (Lipinski definition) is 5. The van der Waals surface area contributed by atoms with Crippen molar-refractivity contribution in [2.45, 2.75) is 111 Å². The summed E-state index contributed by atoms with van der Waals surface area (Å²) in [4.78, 5) is 54.9. The summed E-state index contributed by atoms with van der Waals surface area (Å²) in [6.07, 6.45) is 4.55. The van der Waals surface area contributed by atoms with Gasteiger partial charge < -0.3 is 26.0 Å². The monoisotopic (exact) mass is 594 g/mol. The van der Waals surface area contributed by atoms with Gasteiger partial charge >= 0.3 is 6.09 Å². The first-order valence-corrected chi connectivity index (χ1v) is 15.3. The predicted molar refractivity (Wildman–Crippen MR) is 171 cm³/mol. The van der Waals surface area contributed by atoms with Crippen LogP contribution in [0.25, 0.3) is 0 Å². The van der Waals surface area contributed by atoms with Gasteiger partial charge in [-0.15, -0.1) is 0 Å². The van der Waals surface area contributed by atoms with Crippen LogP contribution in [0.4, 0.5) is 10.5 Å². The molecule has 0 spiro atoms. The third-order valence-corrected chi connectivity index (χ3v) is 7.20. The summed E-state index contributed by atoms with van der Waals surface area (Å²) in [5.41, 5.74) is 8.65. The lowest BCUT2D eigenvalue weighted by molar-refractivity contribution is -0.142. The number of aryl methyl sites for hydroxylation is 3. The van der Waals surface area contributed by atoms with Gasteiger partial charge in [0.25, 0.3) is 5.91 Å². The molecule has 0 saturated carbocycles. The molecule has 0 aliphatic carbocycles. The molecular weight excluding hydrogens is 544 g/mol. The Morgan fingerprint density at radius 3 is 2.02 bits per heavy atom. The molecule has 2 atom stereocenters. The maximum absolute atomic E-state index is 14.3. The Morgan fingerprint density at radius 1 is 0.860 bits per heavy atom. The van der Waals surface area contributed by atoms with Crippen molar-refractivity contribution in [1.29, 1.82) is 0 Å². The molecule has 2 aromatic carbocycles. The van der Waals surface area contributed by atoms with Crippen LogP contribution in [-0.2, 0) is 19.1 Å². The summed E-state index contributed by atoms with van der Waals surface area (Å²) in [5.74, 6) is -1.73. The SMILES string of the molecule is CCCCCCCCN(C(=O)C(CC(N)=O)NC(=O)OC(C)(C)C)C(C(=O)Nc1c(C)cccc1C)c1ccccc1C. The Hall–Kier alpha value is -3.88. The van der Waals surface area contributed by atoms with E-state index in [1.54, 1.807) is 20.8 Å². The minimum absolute atomic E-state index is 0.245. The van der Waals surface area contributed by atoms with Crippen molar-refractivity contribution in [3.05, 3.63) is 64.7 Å². The highest BCUT2D eigenvalue weighted by molar-refractivity contribution is 6.00. The molecule has 4 amide bonds. The molecule has 0 fully saturated rings. The highest BCUT2D eigenvalue weighted by atomic mass is 16.6. The molecular formula is C34H50N4O5. The Morgan fingerprint density at radius 2 is 1.44 bits per heavy atom. The first-order chi connectivity index (χ1) is 20.2. The molecule has 9 nitrogen and oxygen atoms in total. The Balaban J connectivity index is 2.57. The fourth-order valence-electron chi connectivity index (χ4n) is 5.03. The zero-order valence-electron chi connectivity index (χ0n) is 26.9. The summed E-state index contributed by atoms with van der Waals surface area (Å²) in [5, 5.41) is 5.62. The molecule has 0 aliphatic heterocycles. The van der Waals surface area contributed by atoms with Crippen molar-refractivity contribution in [2.24, 2.45) is 5.73 Å². The lowest BCUT2D eigenvalue weighted by Crippen LogP contribution is -2.53. The van der Waals surface area contributed by atoms with Gasteiger partial charge in [0.05, 0.1) is 6.42 Å². The Bertz CT molecular complexity index is 1230. The number of amides is 4. The lowest BCUT2D eigenvalue weighted by atomic mass is 9.96. The van der Waals surface area contributed by atoms with Gasteiger partial charge in [-0.3, -0.25) is 14.4 Å². The molecule has 236 valence electrons. The highest BCUT2D eigenvalue weighted by Gasteiger charge is 2.37. The number of rotatable bonds is 15. The van der Waals surface area contributed by atoms with E-state index in [1.807, 2.05) is 63.2 Å². The van der Waals surface area contributed by atoms with Crippen LogP contribution in [0.2, 0.25) is 0 Å². The fourth-order valence-corrected chi connectivity index (χ4v) is 5.03. The van der Waals surface area contributed by atoms with Crippen LogP contribution < -0.4 is 16.4 Å². The zero-order chi connectivity index (χ0) is 32.2. The van der Waals surface area contributed by atoms with Gasteiger partial charge in [-0.05, 0) is 70.2 Å². The number of nitrogens with two attached hydrogens (primary N) is 1. The van der Waals surface area contributed by atoms with Crippen molar-refractivity contribution < 1.29 is 23.9 Å². The molecule has 2 unspecified atom stereocenters. The van der Waals surface area contributed by atoms with Gasteiger partial charge in [0.2, 0.25) is 11.8 Å². The molecule has 0 heterocycles. The minimum Gasteiger partial charge on any atom is -0.444 e. The van der Waals surface area contributed by atoms with Crippen LogP contribution in [0.15, 0.2) is 42.5 Å². The number of para-hydroxylation sites is 1. The van der Waals surface area contributed by atoms with Crippen molar-refractivity contribution in [3.63, 3.8) is 0 Å². The van der Waals surface area contributed by atoms with E-state index >= 15 is 0 Å². The van der Waals surface area contributed by atoms with Crippen LogP contribution in [0.5, 0.6) is 0 Å². The van der Waals surface area contributed by atoms with Gasteiger partial charge in [-0.25, -0.2) is 4.79 Å².